The SMILES string of the molecule is COC(=O)c1cc(NC(=O)COc2ccc(C)cc2)ccc1OC(C)=O. The molecule has 0 saturated heterocycles. The lowest BCUT2D eigenvalue weighted by atomic mass is 10.1. The molecule has 2 rings (SSSR count). The van der Waals surface area contributed by atoms with Crippen LogP contribution in [0.3, 0.4) is 0 Å². The van der Waals surface area contributed by atoms with Crippen molar-refractivity contribution in [1.82, 2.24) is 0 Å². The molecule has 0 radical (unpaired) electrons. The number of nitrogens with one attached hydrogen (secondary N) is 1. The number of aryl methyl sites for hydroxylation is 1. The average Bonchev–Trinajstić information content (AvgIpc) is 2.61. The van der Waals surface area contributed by atoms with Crippen LogP contribution in [-0.4, -0.2) is 31.6 Å². The second kappa shape index (κ2) is 8.66. The predicted octanol–water partition coefficient (Wildman–Crippen LogP) is 2.72. The minimum atomic E-state index is -0.687. The fourth-order valence-electron chi connectivity index (χ4n) is 2.10. The summed E-state index contributed by atoms with van der Waals surface area (Å²) < 4.78 is 15.0. The Kier molecular flexibility index (Phi) is 6.32. The van der Waals surface area contributed by atoms with Gasteiger partial charge >= 0.3 is 11.9 Å². The molecule has 0 aliphatic heterocycles. The van der Waals surface area contributed by atoms with E-state index in [1.807, 2.05) is 19.1 Å². The van der Waals surface area contributed by atoms with Gasteiger partial charge in [0.2, 0.25) is 0 Å². The van der Waals surface area contributed by atoms with Crippen LogP contribution in [-0.2, 0) is 14.3 Å². The molecule has 0 unspecified atom stereocenters. The summed E-state index contributed by atoms with van der Waals surface area (Å²) in [7, 11) is 1.21. The lowest BCUT2D eigenvalue weighted by molar-refractivity contribution is -0.131. The zero-order valence-electron chi connectivity index (χ0n) is 14.7. The number of rotatable bonds is 6. The van der Waals surface area contributed by atoms with E-state index < -0.39 is 17.8 Å². The number of carbonyl (C=O) groups excluding carboxylic acids is 3. The Morgan fingerprint density at radius 3 is 2.35 bits per heavy atom. The number of ether oxygens (including phenoxy) is 3. The van der Waals surface area contributed by atoms with Crippen molar-refractivity contribution >= 4 is 23.5 Å². The van der Waals surface area contributed by atoms with Crippen molar-refractivity contribution in [2.45, 2.75) is 13.8 Å². The van der Waals surface area contributed by atoms with Gasteiger partial charge in [-0.25, -0.2) is 4.79 Å². The van der Waals surface area contributed by atoms with Crippen molar-refractivity contribution in [2.75, 3.05) is 19.0 Å². The zero-order valence-corrected chi connectivity index (χ0v) is 14.7. The molecule has 0 aromatic heterocycles. The van der Waals surface area contributed by atoms with E-state index in [2.05, 4.69) is 10.1 Å². The number of amides is 1. The lowest BCUT2D eigenvalue weighted by Crippen LogP contribution is -2.20. The van der Waals surface area contributed by atoms with Crippen molar-refractivity contribution in [3.63, 3.8) is 0 Å². The Bertz CT molecular complexity index is 813. The normalized spacial score (nSPS) is 9.96. The fourth-order valence-corrected chi connectivity index (χ4v) is 2.10. The highest BCUT2D eigenvalue weighted by Gasteiger charge is 2.16. The van der Waals surface area contributed by atoms with Crippen molar-refractivity contribution in [3.8, 4) is 11.5 Å². The lowest BCUT2D eigenvalue weighted by Gasteiger charge is -2.11. The number of carbonyl (C=O) groups is 3. The van der Waals surface area contributed by atoms with Crippen LogP contribution in [0.15, 0.2) is 42.5 Å². The maximum absolute atomic E-state index is 12.0. The molecule has 1 amide bonds. The van der Waals surface area contributed by atoms with Gasteiger partial charge in [0.1, 0.15) is 17.1 Å². The van der Waals surface area contributed by atoms with Crippen LogP contribution in [0.4, 0.5) is 5.69 Å². The highest BCUT2D eigenvalue weighted by molar-refractivity contribution is 5.97. The van der Waals surface area contributed by atoms with Crippen molar-refractivity contribution in [3.05, 3.63) is 53.6 Å². The molecular formula is C19H19NO6. The number of anilines is 1. The third-order valence-corrected chi connectivity index (χ3v) is 3.31. The van der Waals surface area contributed by atoms with Gasteiger partial charge < -0.3 is 19.5 Å². The first-order valence-electron chi connectivity index (χ1n) is 7.79. The van der Waals surface area contributed by atoms with Gasteiger partial charge in [0, 0.05) is 12.6 Å². The smallest absolute Gasteiger partial charge is 0.341 e. The standard InChI is InChI=1S/C19H19NO6/c1-12-4-7-15(8-5-12)25-11-18(22)20-14-6-9-17(26-13(2)21)16(10-14)19(23)24-3/h4-10H,11H2,1-3H3,(H,20,22). The van der Waals surface area contributed by atoms with E-state index in [-0.39, 0.29) is 17.9 Å². The van der Waals surface area contributed by atoms with E-state index in [1.165, 1.54) is 32.2 Å². The molecule has 136 valence electrons. The minimum Gasteiger partial charge on any atom is -0.484 e. The fraction of sp³-hybridized carbons (Fsp3) is 0.211. The molecule has 0 aliphatic carbocycles. The first-order valence-corrected chi connectivity index (χ1v) is 7.79. The summed E-state index contributed by atoms with van der Waals surface area (Å²) in [4.78, 5) is 35.0. The molecule has 0 bridgehead atoms. The van der Waals surface area contributed by atoms with Crippen molar-refractivity contribution in [2.24, 2.45) is 0 Å². The van der Waals surface area contributed by atoms with Crippen molar-refractivity contribution < 1.29 is 28.6 Å². The second-order valence-corrected chi connectivity index (χ2v) is 5.45. The third-order valence-electron chi connectivity index (χ3n) is 3.31. The van der Waals surface area contributed by atoms with Gasteiger partial charge in [0.25, 0.3) is 5.91 Å². The van der Waals surface area contributed by atoms with Crippen molar-refractivity contribution in [1.29, 1.82) is 0 Å². The molecule has 0 saturated carbocycles. The van der Waals surface area contributed by atoms with Crippen LogP contribution in [0.5, 0.6) is 11.5 Å². The van der Waals surface area contributed by atoms with E-state index in [1.54, 1.807) is 12.1 Å². The summed E-state index contributed by atoms with van der Waals surface area (Å²) in [6.45, 7) is 2.98. The third kappa shape index (κ3) is 5.34. The summed E-state index contributed by atoms with van der Waals surface area (Å²) in [6, 6.07) is 11.6. The van der Waals surface area contributed by atoms with Crippen LogP contribution in [0.2, 0.25) is 0 Å². The Labute approximate surface area is 150 Å². The minimum absolute atomic E-state index is 0.0277. The molecule has 7 nitrogen and oxygen atoms in total. The number of benzene rings is 2. The average molecular weight is 357 g/mol. The summed E-state index contributed by atoms with van der Waals surface area (Å²) in [6.07, 6.45) is 0. The molecule has 0 atom stereocenters. The van der Waals surface area contributed by atoms with E-state index in [0.29, 0.717) is 11.4 Å². The van der Waals surface area contributed by atoms with E-state index in [4.69, 9.17) is 9.47 Å². The maximum Gasteiger partial charge on any atom is 0.341 e. The molecule has 0 heterocycles. The monoisotopic (exact) mass is 357 g/mol. The predicted molar refractivity (Wildman–Crippen MR) is 94.4 cm³/mol. The first-order chi connectivity index (χ1) is 12.4. The van der Waals surface area contributed by atoms with Crippen LogP contribution < -0.4 is 14.8 Å². The topological polar surface area (TPSA) is 90.9 Å². The molecular weight excluding hydrogens is 338 g/mol. The molecule has 0 spiro atoms. The maximum atomic E-state index is 12.0. The summed E-state index contributed by atoms with van der Waals surface area (Å²) in [5.41, 5.74) is 1.46. The van der Waals surface area contributed by atoms with Gasteiger partial charge in [-0.15, -0.1) is 0 Å². The Hall–Kier alpha value is -3.35. The first kappa shape index (κ1) is 19.0. The highest BCUT2D eigenvalue weighted by atomic mass is 16.5. The van der Waals surface area contributed by atoms with E-state index >= 15 is 0 Å². The van der Waals surface area contributed by atoms with Crippen LogP contribution >= 0.6 is 0 Å². The van der Waals surface area contributed by atoms with Gasteiger partial charge in [0.05, 0.1) is 7.11 Å². The molecule has 1 N–H and O–H groups in total. The van der Waals surface area contributed by atoms with Gasteiger partial charge in [0.15, 0.2) is 6.61 Å². The summed E-state index contributed by atoms with van der Waals surface area (Å²) in [5, 5.41) is 2.61. The quantitative estimate of drug-likeness (QED) is 0.631. The molecule has 0 fully saturated rings. The summed E-state index contributed by atoms with van der Waals surface area (Å²) in [5.74, 6) is -1.03. The van der Waals surface area contributed by atoms with Gasteiger partial charge in [-0.3, -0.25) is 9.59 Å². The Balaban J connectivity index is 2.05. The Morgan fingerprint density at radius 2 is 1.73 bits per heavy atom. The van der Waals surface area contributed by atoms with E-state index in [0.717, 1.165) is 5.56 Å². The number of hydrogen-bond donors (Lipinski definition) is 1. The van der Waals surface area contributed by atoms with E-state index in [9.17, 15) is 14.4 Å². The zero-order chi connectivity index (χ0) is 19.1. The second-order valence-electron chi connectivity index (χ2n) is 5.45. The molecule has 0 aliphatic rings. The van der Waals surface area contributed by atoms with Gasteiger partial charge in [-0.2, -0.15) is 0 Å². The number of hydrogen-bond acceptors (Lipinski definition) is 6. The van der Waals surface area contributed by atoms with Gasteiger partial charge in [-0.05, 0) is 37.3 Å². The number of methoxy groups -OCH3 is 1. The largest absolute Gasteiger partial charge is 0.484 e. The van der Waals surface area contributed by atoms with Crippen LogP contribution in [0.25, 0.3) is 0 Å². The van der Waals surface area contributed by atoms with Crippen LogP contribution in [0.1, 0.15) is 22.8 Å². The van der Waals surface area contributed by atoms with Crippen LogP contribution in [0, 0.1) is 6.92 Å². The summed E-state index contributed by atoms with van der Waals surface area (Å²) >= 11 is 0. The highest BCUT2D eigenvalue weighted by Crippen LogP contribution is 2.24. The molecule has 2 aromatic rings. The molecule has 7 heteroatoms. The Morgan fingerprint density at radius 1 is 1.04 bits per heavy atom. The molecule has 2 aromatic carbocycles. The number of esters is 2. The molecule has 26 heavy (non-hydrogen) atoms. The van der Waals surface area contributed by atoms with Gasteiger partial charge in [-0.1, -0.05) is 17.7 Å².